The molecule has 0 spiro atoms. The van der Waals surface area contributed by atoms with Gasteiger partial charge in [0.2, 0.25) is 0 Å². The van der Waals surface area contributed by atoms with Crippen LogP contribution in [-0.4, -0.2) is 77.0 Å². The molecule has 3 heterocycles. The third kappa shape index (κ3) is 7.16. The van der Waals surface area contributed by atoms with Crippen molar-refractivity contribution in [1.29, 1.82) is 0 Å². The fourth-order valence-electron chi connectivity index (χ4n) is 6.66. The number of piperazine rings is 2. The van der Waals surface area contributed by atoms with Gasteiger partial charge in [-0.05, 0) is 53.1 Å². The van der Waals surface area contributed by atoms with E-state index in [9.17, 15) is 0 Å². The molecule has 45 heavy (non-hydrogen) atoms. The Hall–Kier alpha value is -3.52. The summed E-state index contributed by atoms with van der Waals surface area (Å²) in [5.41, 5.74) is 4.87. The van der Waals surface area contributed by atoms with Crippen molar-refractivity contribution < 1.29 is 0 Å². The molecule has 2 aliphatic rings. The molecule has 2 saturated heterocycles. The van der Waals surface area contributed by atoms with Gasteiger partial charge in [-0.2, -0.15) is 0 Å². The van der Waals surface area contributed by atoms with Gasteiger partial charge in [0.1, 0.15) is 11.6 Å². The number of nitrogens with zero attached hydrogens (tertiary/aromatic N) is 6. The highest BCUT2D eigenvalue weighted by molar-refractivity contribution is 6.30. The first-order valence-electron chi connectivity index (χ1n) is 15.8. The zero-order valence-corrected chi connectivity index (χ0v) is 26.9. The van der Waals surface area contributed by atoms with Crippen molar-refractivity contribution in [2.45, 2.75) is 19.1 Å². The van der Waals surface area contributed by atoms with Crippen molar-refractivity contribution in [1.82, 2.24) is 24.7 Å². The van der Waals surface area contributed by atoms with Crippen LogP contribution in [0.5, 0.6) is 0 Å². The lowest BCUT2D eigenvalue weighted by molar-refractivity contribution is 0.103. The van der Waals surface area contributed by atoms with E-state index in [4.69, 9.17) is 33.2 Å². The zero-order valence-electron chi connectivity index (χ0n) is 25.4. The van der Waals surface area contributed by atoms with E-state index in [1.54, 1.807) is 0 Å². The fourth-order valence-corrected chi connectivity index (χ4v) is 6.91. The summed E-state index contributed by atoms with van der Waals surface area (Å²) in [5.74, 6) is 1.97. The van der Waals surface area contributed by atoms with Crippen molar-refractivity contribution in [3.8, 4) is 0 Å². The number of hydrogen-bond donors (Lipinski definition) is 0. The van der Waals surface area contributed by atoms with E-state index in [-0.39, 0.29) is 6.04 Å². The molecule has 0 aliphatic carbocycles. The largest absolute Gasteiger partial charge is 0.353 e. The van der Waals surface area contributed by atoms with E-state index in [2.05, 4.69) is 98.5 Å². The highest BCUT2D eigenvalue weighted by atomic mass is 35.5. The lowest BCUT2D eigenvalue weighted by atomic mass is 9.96. The number of hydrogen-bond acceptors (Lipinski definition) is 6. The molecule has 2 aliphatic heterocycles. The number of rotatable bonds is 8. The number of benzene rings is 4. The van der Waals surface area contributed by atoms with E-state index in [1.165, 1.54) is 16.7 Å². The van der Waals surface area contributed by atoms with Crippen LogP contribution < -0.4 is 4.90 Å². The first-order chi connectivity index (χ1) is 22.1. The second-order valence-electron chi connectivity index (χ2n) is 12.0. The molecule has 2 fully saturated rings. The minimum Gasteiger partial charge on any atom is -0.353 e. The van der Waals surface area contributed by atoms with Gasteiger partial charge in [0.25, 0.3) is 0 Å². The molecule has 0 radical (unpaired) electrons. The van der Waals surface area contributed by atoms with Crippen LogP contribution in [0.15, 0.2) is 103 Å². The maximum absolute atomic E-state index is 6.24. The molecular weight excluding hydrogens is 599 g/mol. The van der Waals surface area contributed by atoms with Gasteiger partial charge in [0.15, 0.2) is 0 Å². The average molecular weight is 638 g/mol. The Morgan fingerprint density at radius 3 is 1.76 bits per heavy atom. The monoisotopic (exact) mass is 636 g/mol. The van der Waals surface area contributed by atoms with Gasteiger partial charge in [-0.15, -0.1) is 0 Å². The predicted octanol–water partition coefficient (Wildman–Crippen LogP) is 7.17. The normalized spacial score (nSPS) is 16.9. The Kier molecular flexibility index (Phi) is 9.28. The van der Waals surface area contributed by atoms with Crippen LogP contribution in [0.25, 0.3) is 10.9 Å². The molecule has 0 unspecified atom stereocenters. The minimum absolute atomic E-state index is 0.144. The van der Waals surface area contributed by atoms with Gasteiger partial charge >= 0.3 is 0 Å². The van der Waals surface area contributed by atoms with E-state index in [1.807, 2.05) is 24.3 Å². The van der Waals surface area contributed by atoms with Gasteiger partial charge < -0.3 is 4.90 Å². The van der Waals surface area contributed by atoms with Crippen LogP contribution in [-0.2, 0) is 13.1 Å². The molecule has 8 heteroatoms. The van der Waals surface area contributed by atoms with Crippen LogP contribution in [0.2, 0.25) is 10.0 Å². The summed E-state index contributed by atoms with van der Waals surface area (Å²) in [6.07, 6.45) is 0. The SMILES string of the molecule is Clc1ccc(C(c2ccc(Cl)cc2)N2CCN(Cc3nc(N4CCN(Cc5ccccc5)CC4)c4ccccc4n3)CC2)cc1. The van der Waals surface area contributed by atoms with Crippen LogP contribution >= 0.6 is 23.2 Å². The van der Waals surface area contributed by atoms with Crippen LogP contribution in [0, 0.1) is 0 Å². The van der Waals surface area contributed by atoms with Crippen LogP contribution in [0.1, 0.15) is 28.6 Å². The molecule has 1 aromatic heterocycles. The molecular formula is C37H38Cl2N6. The summed E-state index contributed by atoms with van der Waals surface area (Å²) in [4.78, 5) is 20.3. The molecule has 6 nitrogen and oxygen atoms in total. The summed E-state index contributed by atoms with van der Waals surface area (Å²) >= 11 is 12.5. The Labute approximate surface area is 275 Å². The van der Waals surface area contributed by atoms with E-state index in [0.717, 1.165) is 98.0 Å². The quantitative estimate of drug-likeness (QED) is 0.180. The van der Waals surface area contributed by atoms with E-state index in [0.29, 0.717) is 0 Å². The van der Waals surface area contributed by atoms with Crippen molar-refractivity contribution >= 4 is 39.9 Å². The van der Waals surface area contributed by atoms with Gasteiger partial charge in [-0.25, -0.2) is 9.97 Å². The van der Waals surface area contributed by atoms with E-state index >= 15 is 0 Å². The molecule has 0 atom stereocenters. The van der Waals surface area contributed by atoms with Crippen LogP contribution in [0.3, 0.4) is 0 Å². The van der Waals surface area contributed by atoms with Crippen molar-refractivity contribution in [3.05, 3.63) is 136 Å². The number of para-hydroxylation sites is 1. The fraction of sp³-hybridized carbons (Fsp3) is 0.297. The standard InChI is InChI=1S/C37H38Cl2N6/c38-31-14-10-29(11-15-31)36(30-12-16-32(39)17-13-30)44-22-18-43(19-23-44)27-35-40-34-9-5-4-8-33(34)37(41-35)45-24-20-42(21-25-45)26-28-6-2-1-3-7-28/h1-17,36H,18-27H2. The van der Waals surface area contributed by atoms with Crippen molar-refractivity contribution in [2.24, 2.45) is 0 Å². The van der Waals surface area contributed by atoms with Gasteiger partial charge in [0.05, 0.1) is 18.1 Å². The summed E-state index contributed by atoms with van der Waals surface area (Å²) in [5, 5.41) is 2.64. The van der Waals surface area contributed by atoms with Gasteiger partial charge in [0, 0.05) is 74.3 Å². The smallest absolute Gasteiger partial charge is 0.145 e. The highest BCUT2D eigenvalue weighted by Gasteiger charge is 2.28. The summed E-state index contributed by atoms with van der Waals surface area (Å²) in [6, 6.07) is 35.8. The molecule has 0 bridgehead atoms. The second-order valence-corrected chi connectivity index (χ2v) is 12.9. The minimum atomic E-state index is 0.144. The topological polar surface area (TPSA) is 38.7 Å². The lowest BCUT2D eigenvalue weighted by Crippen LogP contribution is -2.48. The summed E-state index contributed by atoms with van der Waals surface area (Å²) in [7, 11) is 0. The molecule has 230 valence electrons. The molecule has 0 N–H and O–H groups in total. The van der Waals surface area contributed by atoms with Crippen LogP contribution in [0.4, 0.5) is 5.82 Å². The summed E-state index contributed by atoms with van der Waals surface area (Å²) in [6.45, 7) is 9.48. The van der Waals surface area contributed by atoms with E-state index < -0.39 is 0 Å². The number of halogens is 2. The number of aromatic nitrogens is 2. The number of fused-ring (bicyclic) bond motifs is 1. The maximum atomic E-state index is 6.24. The molecule has 0 amide bonds. The molecule has 5 aromatic rings. The third-order valence-electron chi connectivity index (χ3n) is 9.06. The third-order valence-corrected chi connectivity index (χ3v) is 9.56. The first kappa shape index (κ1) is 30.2. The highest BCUT2D eigenvalue weighted by Crippen LogP contribution is 2.32. The molecule has 4 aromatic carbocycles. The average Bonchev–Trinajstić information content (AvgIpc) is 3.08. The Morgan fingerprint density at radius 2 is 1.11 bits per heavy atom. The second kappa shape index (κ2) is 13.9. The first-order valence-corrected chi connectivity index (χ1v) is 16.6. The zero-order chi connectivity index (χ0) is 30.6. The molecule has 7 rings (SSSR count). The van der Waals surface area contributed by atoms with Gasteiger partial charge in [-0.1, -0.05) is 89.9 Å². The summed E-state index contributed by atoms with van der Waals surface area (Å²) < 4.78 is 0. The maximum Gasteiger partial charge on any atom is 0.145 e. The van der Waals surface area contributed by atoms with Gasteiger partial charge in [-0.3, -0.25) is 14.7 Å². The van der Waals surface area contributed by atoms with Crippen molar-refractivity contribution in [3.63, 3.8) is 0 Å². The predicted molar refractivity (Wildman–Crippen MR) is 185 cm³/mol. The molecule has 0 saturated carbocycles. The number of anilines is 1. The Morgan fingerprint density at radius 1 is 0.556 bits per heavy atom. The van der Waals surface area contributed by atoms with Crippen molar-refractivity contribution in [2.75, 3.05) is 57.3 Å². The Bertz CT molecular complexity index is 1650. The lowest BCUT2D eigenvalue weighted by Gasteiger charge is -2.39. The Balaban J connectivity index is 1.04.